The fourth-order valence-electron chi connectivity index (χ4n) is 1.70. The van der Waals surface area contributed by atoms with Gasteiger partial charge in [0, 0.05) is 6.20 Å². The highest BCUT2D eigenvalue weighted by Gasteiger charge is 2.44. The molecule has 0 radical (unpaired) electrons. The molecular formula is C9H12FN3O3S. The number of nitrogens with two attached hydrogens (primary N) is 1. The van der Waals surface area contributed by atoms with Crippen molar-refractivity contribution in [2.24, 2.45) is 0 Å². The molecule has 94 valence electrons. The first-order chi connectivity index (χ1) is 8.04. The van der Waals surface area contributed by atoms with Gasteiger partial charge in [0.05, 0.1) is 6.61 Å². The third-order valence-corrected chi connectivity index (χ3v) is 2.90. The van der Waals surface area contributed by atoms with Crippen LogP contribution in [-0.2, 0) is 4.74 Å². The molecule has 1 aromatic heterocycles. The summed E-state index contributed by atoms with van der Waals surface area (Å²) in [6.07, 6.45) is -3.68. The number of hydrogen-bond donors (Lipinski definition) is 3. The van der Waals surface area contributed by atoms with Crippen LogP contribution in [0.15, 0.2) is 12.3 Å². The lowest BCUT2D eigenvalue weighted by molar-refractivity contribution is -0.0483. The van der Waals surface area contributed by atoms with E-state index in [1.807, 2.05) is 0 Å². The molecular weight excluding hydrogens is 249 g/mol. The van der Waals surface area contributed by atoms with Crippen LogP contribution >= 0.6 is 12.2 Å². The molecule has 0 aromatic carbocycles. The van der Waals surface area contributed by atoms with E-state index in [0.29, 0.717) is 0 Å². The molecule has 4 atom stereocenters. The number of ether oxygens (including phenoxy) is 1. The van der Waals surface area contributed by atoms with Crippen molar-refractivity contribution < 1.29 is 19.3 Å². The van der Waals surface area contributed by atoms with Crippen LogP contribution in [0.5, 0.6) is 0 Å². The van der Waals surface area contributed by atoms with Gasteiger partial charge in [0.15, 0.2) is 12.4 Å². The highest BCUT2D eigenvalue weighted by atomic mass is 32.1. The van der Waals surface area contributed by atoms with Gasteiger partial charge in [0.1, 0.15) is 18.0 Å². The van der Waals surface area contributed by atoms with Crippen LogP contribution in [0.25, 0.3) is 0 Å². The van der Waals surface area contributed by atoms with Crippen molar-refractivity contribution in [3.63, 3.8) is 0 Å². The number of anilines is 1. The number of hydrogen-bond acceptors (Lipinski definition) is 6. The largest absolute Gasteiger partial charge is 0.394 e. The lowest BCUT2D eigenvalue weighted by Gasteiger charge is -2.16. The zero-order valence-corrected chi connectivity index (χ0v) is 9.55. The second-order valence-corrected chi connectivity index (χ2v) is 4.09. The van der Waals surface area contributed by atoms with Gasteiger partial charge in [-0.05, 0) is 18.3 Å². The quantitative estimate of drug-likeness (QED) is 0.637. The Morgan fingerprint density at radius 2 is 2.35 bits per heavy atom. The average Bonchev–Trinajstić information content (AvgIpc) is 2.57. The number of nitrogen functional groups attached to an aromatic ring is 1. The van der Waals surface area contributed by atoms with E-state index in [9.17, 15) is 9.50 Å². The topological polar surface area (TPSA) is 93.5 Å². The van der Waals surface area contributed by atoms with Crippen molar-refractivity contribution in [3.8, 4) is 0 Å². The van der Waals surface area contributed by atoms with E-state index in [1.165, 1.54) is 16.8 Å². The highest BCUT2D eigenvalue weighted by Crippen LogP contribution is 2.31. The Bertz CT molecular complexity index is 469. The molecule has 1 unspecified atom stereocenters. The molecule has 0 aliphatic carbocycles. The number of halogens is 1. The lowest BCUT2D eigenvalue weighted by Crippen LogP contribution is -2.30. The van der Waals surface area contributed by atoms with E-state index in [-0.39, 0.29) is 10.6 Å². The predicted octanol–water partition coefficient (Wildman–Crippen LogP) is -0.217. The van der Waals surface area contributed by atoms with Crippen LogP contribution < -0.4 is 5.73 Å². The summed E-state index contributed by atoms with van der Waals surface area (Å²) in [5, 5.41) is 18.4. The van der Waals surface area contributed by atoms with E-state index in [4.69, 9.17) is 27.8 Å². The Morgan fingerprint density at radius 3 is 2.88 bits per heavy atom. The molecule has 1 aliphatic heterocycles. The number of aliphatic hydroxyl groups excluding tert-OH is 2. The maximum Gasteiger partial charge on any atom is 0.203 e. The monoisotopic (exact) mass is 261 g/mol. The van der Waals surface area contributed by atoms with Gasteiger partial charge in [0.25, 0.3) is 0 Å². The van der Waals surface area contributed by atoms with Crippen LogP contribution in [0.3, 0.4) is 0 Å². The van der Waals surface area contributed by atoms with Crippen molar-refractivity contribution in [1.29, 1.82) is 0 Å². The van der Waals surface area contributed by atoms with Crippen LogP contribution in [0.2, 0.25) is 0 Å². The van der Waals surface area contributed by atoms with E-state index < -0.39 is 31.2 Å². The van der Waals surface area contributed by atoms with Crippen molar-refractivity contribution in [2.75, 3.05) is 12.3 Å². The lowest BCUT2D eigenvalue weighted by atomic mass is 10.1. The molecule has 0 saturated carbocycles. The van der Waals surface area contributed by atoms with E-state index in [1.54, 1.807) is 0 Å². The highest BCUT2D eigenvalue weighted by molar-refractivity contribution is 7.71. The van der Waals surface area contributed by atoms with Gasteiger partial charge in [-0.15, -0.1) is 0 Å². The molecule has 1 aromatic rings. The standard InChI is InChI=1S/C9H12FN3O3S/c10-6-7(15)4(3-14)16-8(6)13-2-1-5(11)12-9(13)17/h1-2,4,6-8,14-15H,3H2,(H2,11,12,17)/t4-,6?,7+,8-/m1/s1. The summed E-state index contributed by atoms with van der Waals surface area (Å²) in [6, 6.07) is 1.45. The number of nitrogens with zero attached hydrogens (tertiary/aromatic N) is 2. The summed E-state index contributed by atoms with van der Waals surface area (Å²) in [7, 11) is 0. The first-order valence-corrected chi connectivity index (χ1v) is 5.38. The number of alkyl halides is 1. The number of rotatable bonds is 2. The Kier molecular flexibility index (Phi) is 3.38. The van der Waals surface area contributed by atoms with Gasteiger partial charge < -0.3 is 20.7 Å². The molecule has 0 bridgehead atoms. The van der Waals surface area contributed by atoms with Crippen molar-refractivity contribution >= 4 is 18.0 Å². The summed E-state index contributed by atoms with van der Waals surface area (Å²) in [6.45, 7) is -0.464. The Balaban J connectivity index is 2.32. The maximum atomic E-state index is 13.8. The Hall–Kier alpha value is -1.09. The van der Waals surface area contributed by atoms with Gasteiger partial charge in [-0.3, -0.25) is 4.57 Å². The Labute approximate surface area is 101 Å². The fraction of sp³-hybridized carbons (Fsp3) is 0.556. The first-order valence-electron chi connectivity index (χ1n) is 4.97. The van der Waals surface area contributed by atoms with E-state index in [0.717, 1.165) is 0 Å². The minimum absolute atomic E-state index is 0.0587. The smallest absolute Gasteiger partial charge is 0.203 e. The van der Waals surface area contributed by atoms with Crippen LogP contribution in [0.4, 0.5) is 10.2 Å². The average molecular weight is 261 g/mol. The summed E-state index contributed by atoms with van der Waals surface area (Å²) in [5.74, 6) is 0.221. The molecule has 2 heterocycles. The summed E-state index contributed by atoms with van der Waals surface area (Å²) >= 11 is 4.92. The van der Waals surface area contributed by atoms with Crippen molar-refractivity contribution in [1.82, 2.24) is 9.55 Å². The minimum Gasteiger partial charge on any atom is -0.394 e. The molecule has 8 heteroatoms. The van der Waals surface area contributed by atoms with E-state index in [2.05, 4.69) is 4.98 Å². The first kappa shape index (κ1) is 12.4. The molecule has 0 amide bonds. The van der Waals surface area contributed by atoms with Gasteiger partial charge in [-0.1, -0.05) is 0 Å². The third kappa shape index (κ3) is 2.16. The summed E-state index contributed by atoms with van der Waals surface area (Å²) < 4.78 is 20.3. The molecule has 1 saturated heterocycles. The van der Waals surface area contributed by atoms with Gasteiger partial charge in [0.2, 0.25) is 4.77 Å². The SMILES string of the molecule is Nc1ccn([C@@H]2O[C@H](CO)[C@H](O)C2F)c(=S)n1. The van der Waals surface area contributed by atoms with E-state index >= 15 is 0 Å². The van der Waals surface area contributed by atoms with Crippen LogP contribution in [0.1, 0.15) is 6.23 Å². The minimum atomic E-state index is -1.68. The maximum absolute atomic E-state index is 13.8. The van der Waals surface area contributed by atoms with Gasteiger partial charge in [-0.2, -0.15) is 0 Å². The van der Waals surface area contributed by atoms with Crippen molar-refractivity contribution in [3.05, 3.63) is 17.0 Å². The molecule has 6 nitrogen and oxygen atoms in total. The van der Waals surface area contributed by atoms with Crippen molar-refractivity contribution in [2.45, 2.75) is 24.6 Å². The molecule has 2 rings (SSSR count). The van der Waals surface area contributed by atoms with Crippen LogP contribution in [0, 0.1) is 4.77 Å². The number of aliphatic hydroxyl groups is 2. The fourth-order valence-corrected chi connectivity index (χ4v) is 1.97. The normalized spacial score (nSPS) is 32.9. The second kappa shape index (κ2) is 4.65. The molecule has 1 fully saturated rings. The zero-order chi connectivity index (χ0) is 12.6. The Morgan fingerprint density at radius 1 is 1.65 bits per heavy atom. The summed E-state index contributed by atoms with van der Waals surface area (Å²) in [4.78, 5) is 3.79. The molecule has 17 heavy (non-hydrogen) atoms. The molecule has 4 N–H and O–H groups in total. The van der Waals surface area contributed by atoms with Gasteiger partial charge >= 0.3 is 0 Å². The summed E-state index contributed by atoms with van der Waals surface area (Å²) in [5.41, 5.74) is 5.43. The molecule has 0 spiro atoms. The van der Waals surface area contributed by atoms with Crippen LogP contribution in [-0.4, -0.2) is 44.8 Å². The zero-order valence-electron chi connectivity index (χ0n) is 8.73. The second-order valence-electron chi connectivity index (χ2n) is 3.72. The third-order valence-electron chi connectivity index (χ3n) is 2.60. The van der Waals surface area contributed by atoms with Gasteiger partial charge in [-0.25, -0.2) is 9.37 Å². The number of aromatic nitrogens is 2. The predicted molar refractivity (Wildman–Crippen MR) is 59.4 cm³/mol. The molecule has 1 aliphatic rings.